The van der Waals surface area contributed by atoms with Crippen molar-refractivity contribution < 1.29 is 28.5 Å². The molecule has 6 nitrogen and oxygen atoms in total. The third kappa shape index (κ3) is 6.70. The summed E-state index contributed by atoms with van der Waals surface area (Å²) in [5, 5.41) is 0. The van der Waals surface area contributed by atoms with E-state index in [4.69, 9.17) is 18.9 Å². The third-order valence-electron chi connectivity index (χ3n) is 3.97. The minimum Gasteiger partial charge on any atom is -0.491 e. The summed E-state index contributed by atoms with van der Waals surface area (Å²) in [6.45, 7) is 7.03. The van der Waals surface area contributed by atoms with E-state index in [0.717, 1.165) is 6.42 Å². The molecule has 2 rings (SSSR count). The zero-order valence-corrected chi connectivity index (χ0v) is 16.5. The molecule has 0 aromatic heterocycles. The van der Waals surface area contributed by atoms with Gasteiger partial charge < -0.3 is 18.9 Å². The van der Waals surface area contributed by atoms with Crippen molar-refractivity contribution in [2.45, 2.75) is 33.3 Å². The number of esters is 2. The molecule has 0 aliphatic rings. The fourth-order valence-corrected chi connectivity index (χ4v) is 2.23. The van der Waals surface area contributed by atoms with E-state index in [1.165, 1.54) is 0 Å². The Morgan fingerprint density at radius 3 is 1.96 bits per heavy atom. The van der Waals surface area contributed by atoms with Crippen LogP contribution in [-0.2, 0) is 9.47 Å². The van der Waals surface area contributed by atoms with Crippen molar-refractivity contribution in [1.82, 2.24) is 0 Å². The van der Waals surface area contributed by atoms with Crippen LogP contribution in [0.25, 0.3) is 0 Å². The van der Waals surface area contributed by atoms with Gasteiger partial charge in [-0.15, -0.1) is 0 Å². The van der Waals surface area contributed by atoms with Gasteiger partial charge in [0.1, 0.15) is 18.1 Å². The van der Waals surface area contributed by atoms with Crippen LogP contribution >= 0.6 is 0 Å². The van der Waals surface area contributed by atoms with Crippen molar-refractivity contribution in [2.75, 3.05) is 19.8 Å². The predicted octanol–water partition coefficient (Wildman–Crippen LogP) is 4.28. The third-order valence-corrected chi connectivity index (χ3v) is 3.97. The highest BCUT2D eigenvalue weighted by Crippen LogP contribution is 2.18. The Bertz CT molecular complexity index is 752. The second-order valence-corrected chi connectivity index (χ2v) is 6.11. The molecule has 150 valence electrons. The van der Waals surface area contributed by atoms with E-state index in [0.29, 0.717) is 35.8 Å². The Morgan fingerprint density at radius 1 is 0.821 bits per heavy atom. The lowest BCUT2D eigenvalue weighted by atomic mass is 10.2. The van der Waals surface area contributed by atoms with Crippen LogP contribution in [0.1, 0.15) is 47.9 Å². The van der Waals surface area contributed by atoms with Crippen LogP contribution in [0.2, 0.25) is 0 Å². The molecule has 0 fully saturated rings. The van der Waals surface area contributed by atoms with Crippen LogP contribution in [0.4, 0.5) is 0 Å². The van der Waals surface area contributed by atoms with Gasteiger partial charge in [-0.1, -0.05) is 6.92 Å². The van der Waals surface area contributed by atoms with Gasteiger partial charge in [0.05, 0.1) is 23.8 Å². The van der Waals surface area contributed by atoms with Crippen LogP contribution in [0, 0.1) is 0 Å². The standard InChI is InChI=1S/C22H26O6/c1-4-16(3)27-19-10-8-18(9-11-19)22(24)28-20-12-6-17(7-13-20)21(23)26-15-14-25-5-2/h6-13,16H,4-5,14-15H2,1-3H3. The molecule has 0 aliphatic heterocycles. The molecule has 0 heterocycles. The van der Waals surface area contributed by atoms with Gasteiger partial charge in [0.2, 0.25) is 0 Å². The van der Waals surface area contributed by atoms with Crippen LogP contribution in [0.15, 0.2) is 48.5 Å². The van der Waals surface area contributed by atoms with Crippen molar-refractivity contribution in [3.05, 3.63) is 59.7 Å². The van der Waals surface area contributed by atoms with Crippen LogP contribution in [0.3, 0.4) is 0 Å². The minimum absolute atomic E-state index is 0.113. The summed E-state index contributed by atoms with van der Waals surface area (Å²) in [6.07, 6.45) is 1.02. The quantitative estimate of drug-likeness (QED) is 0.345. The Hall–Kier alpha value is -2.86. The molecule has 0 amide bonds. The molecule has 28 heavy (non-hydrogen) atoms. The van der Waals surface area contributed by atoms with E-state index in [1.54, 1.807) is 48.5 Å². The van der Waals surface area contributed by atoms with Gasteiger partial charge in [0.25, 0.3) is 0 Å². The van der Waals surface area contributed by atoms with E-state index < -0.39 is 11.9 Å². The molecule has 0 radical (unpaired) electrons. The number of hydrogen-bond donors (Lipinski definition) is 0. The molecule has 1 unspecified atom stereocenters. The summed E-state index contributed by atoms with van der Waals surface area (Å²) < 4.78 is 21.2. The van der Waals surface area contributed by atoms with Gasteiger partial charge in [-0.05, 0) is 68.8 Å². The molecule has 0 spiro atoms. The fourth-order valence-electron chi connectivity index (χ4n) is 2.23. The molecule has 0 bridgehead atoms. The molecule has 0 saturated carbocycles. The summed E-state index contributed by atoms with van der Waals surface area (Å²) in [6, 6.07) is 13.0. The maximum atomic E-state index is 12.3. The molecule has 6 heteroatoms. The van der Waals surface area contributed by atoms with Gasteiger partial charge in [0.15, 0.2) is 0 Å². The molecule has 0 aliphatic carbocycles. The number of hydrogen-bond acceptors (Lipinski definition) is 6. The van der Waals surface area contributed by atoms with E-state index in [1.807, 2.05) is 20.8 Å². The van der Waals surface area contributed by atoms with E-state index in [9.17, 15) is 9.59 Å². The second kappa shape index (κ2) is 11.1. The lowest BCUT2D eigenvalue weighted by Crippen LogP contribution is -2.12. The van der Waals surface area contributed by atoms with Crippen molar-refractivity contribution >= 4 is 11.9 Å². The molecule has 2 aromatic rings. The summed E-state index contributed by atoms with van der Waals surface area (Å²) >= 11 is 0. The average molecular weight is 386 g/mol. The number of rotatable bonds is 10. The SMILES string of the molecule is CCOCCOC(=O)c1ccc(OC(=O)c2ccc(OC(C)CC)cc2)cc1. The minimum atomic E-state index is -0.484. The summed E-state index contributed by atoms with van der Waals surface area (Å²) in [7, 11) is 0. The molecular weight excluding hydrogens is 360 g/mol. The highest BCUT2D eigenvalue weighted by Gasteiger charge is 2.11. The topological polar surface area (TPSA) is 71.1 Å². The first-order valence-corrected chi connectivity index (χ1v) is 9.37. The van der Waals surface area contributed by atoms with E-state index in [-0.39, 0.29) is 12.7 Å². The van der Waals surface area contributed by atoms with Gasteiger partial charge >= 0.3 is 11.9 Å². The van der Waals surface area contributed by atoms with Gasteiger partial charge in [0, 0.05) is 6.61 Å². The molecule has 2 aromatic carbocycles. The Kier molecular flexibility index (Phi) is 8.49. The number of carbonyl (C=O) groups excluding carboxylic acids is 2. The summed E-state index contributed by atoms with van der Waals surface area (Å²) in [5.74, 6) is 0.116. The largest absolute Gasteiger partial charge is 0.491 e. The first-order chi connectivity index (χ1) is 13.5. The predicted molar refractivity (Wildman–Crippen MR) is 105 cm³/mol. The Balaban J connectivity index is 1.89. The van der Waals surface area contributed by atoms with Gasteiger partial charge in [-0.3, -0.25) is 0 Å². The first-order valence-electron chi connectivity index (χ1n) is 9.37. The van der Waals surface area contributed by atoms with Crippen LogP contribution in [0.5, 0.6) is 11.5 Å². The van der Waals surface area contributed by atoms with Gasteiger partial charge in [-0.25, -0.2) is 9.59 Å². The van der Waals surface area contributed by atoms with Crippen molar-refractivity contribution in [3.63, 3.8) is 0 Å². The smallest absolute Gasteiger partial charge is 0.343 e. The first kappa shape index (κ1) is 21.4. The molecule has 1 atom stereocenters. The second-order valence-electron chi connectivity index (χ2n) is 6.11. The fraction of sp³-hybridized carbons (Fsp3) is 0.364. The zero-order valence-electron chi connectivity index (χ0n) is 16.5. The molecule has 0 saturated heterocycles. The summed E-state index contributed by atoms with van der Waals surface area (Å²) in [5.41, 5.74) is 0.791. The van der Waals surface area contributed by atoms with Crippen molar-refractivity contribution in [3.8, 4) is 11.5 Å². The van der Waals surface area contributed by atoms with Crippen molar-refractivity contribution in [2.24, 2.45) is 0 Å². The maximum absolute atomic E-state index is 12.3. The number of ether oxygens (including phenoxy) is 4. The molecule has 0 N–H and O–H groups in total. The van der Waals surface area contributed by atoms with Gasteiger partial charge in [-0.2, -0.15) is 0 Å². The Morgan fingerprint density at radius 2 is 1.39 bits per heavy atom. The molecular formula is C22H26O6. The van der Waals surface area contributed by atoms with E-state index in [2.05, 4.69) is 0 Å². The van der Waals surface area contributed by atoms with E-state index >= 15 is 0 Å². The lowest BCUT2D eigenvalue weighted by Gasteiger charge is -2.12. The zero-order chi connectivity index (χ0) is 20.4. The van der Waals surface area contributed by atoms with Crippen LogP contribution in [-0.4, -0.2) is 37.9 Å². The monoisotopic (exact) mass is 386 g/mol. The Labute approximate surface area is 165 Å². The van der Waals surface area contributed by atoms with Crippen molar-refractivity contribution in [1.29, 1.82) is 0 Å². The maximum Gasteiger partial charge on any atom is 0.343 e. The normalized spacial score (nSPS) is 11.5. The summed E-state index contributed by atoms with van der Waals surface area (Å²) in [4.78, 5) is 24.2. The lowest BCUT2D eigenvalue weighted by molar-refractivity contribution is 0.0335. The highest BCUT2D eigenvalue weighted by atomic mass is 16.6. The average Bonchev–Trinajstić information content (AvgIpc) is 2.72. The number of carbonyl (C=O) groups is 2. The highest BCUT2D eigenvalue weighted by molar-refractivity contribution is 5.92. The number of benzene rings is 2. The van der Waals surface area contributed by atoms with Crippen LogP contribution < -0.4 is 9.47 Å².